The lowest BCUT2D eigenvalue weighted by molar-refractivity contribution is 0.478. The van der Waals surface area contributed by atoms with E-state index in [0.717, 1.165) is 25.0 Å². The molecule has 2 N–H and O–H groups in total. The fourth-order valence-corrected chi connectivity index (χ4v) is 1.94. The molecule has 8 heteroatoms. The van der Waals surface area contributed by atoms with E-state index < -0.39 is 11.6 Å². The summed E-state index contributed by atoms with van der Waals surface area (Å²) in [6.45, 7) is 0.469. The van der Waals surface area contributed by atoms with Crippen molar-refractivity contribution in [3.05, 3.63) is 34.1 Å². The molecule has 1 aliphatic carbocycles. The van der Waals surface area contributed by atoms with Gasteiger partial charge < -0.3 is 15.1 Å². The monoisotopic (exact) mass is 344 g/mol. The molecule has 1 saturated carbocycles. The Bertz CT molecular complexity index is 630. The van der Waals surface area contributed by atoms with Gasteiger partial charge in [0.05, 0.1) is 16.7 Å². The predicted octanol–water partition coefficient (Wildman–Crippen LogP) is 3.11. The second-order valence-corrected chi connectivity index (χ2v) is 5.38. The molecule has 2 aromatic rings. The van der Waals surface area contributed by atoms with E-state index in [0.29, 0.717) is 18.5 Å². The maximum absolute atomic E-state index is 13.6. The Morgan fingerprint density at radius 1 is 1.25 bits per heavy atom. The highest BCUT2D eigenvalue weighted by Gasteiger charge is 2.21. The molecule has 0 saturated heterocycles. The highest BCUT2D eigenvalue weighted by molar-refractivity contribution is 9.10. The van der Waals surface area contributed by atoms with E-state index >= 15 is 0 Å². The quantitative estimate of drug-likeness (QED) is 0.816. The lowest BCUT2D eigenvalue weighted by Gasteiger charge is -2.04. The van der Waals surface area contributed by atoms with Crippen molar-refractivity contribution in [1.82, 2.24) is 15.5 Å². The van der Waals surface area contributed by atoms with Crippen LogP contribution in [0.15, 0.2) is 21.0 Å². The fourth-order valence-electron chi connectivity index (χ4n) is 1.63. The summed E-state index contributed by atoms with van der Waals surface area (Å²) in [4.78, 5) is 0. The van der Waals surface area contributed by atoms with Gasteiger partial charge in [0.2, 0.25) is 5.89 Å². The number of benzene rings is 1. The molecule has 1 aliphatic rings. The third kappa shape index (κ3) is 3.13. The number of aromatic nitrogens is 2. The van der Waals surface area contributed by atoms with Gasteiger partial charge in [-0.3, -0.25) is 0 Å². The van der Waals surface area contributed by atoms with Crippen LogP contribution in [0.4, 0.5) is 20.5 Å². The summed E-state index contributed by atoms with van der Waals surface area (Å²) in [6.07, 6.45) is 2.31. The number of hydrogen-bond acceptors (Lipinski definition) is 5. The first-order chi connectivity index (χ1) is 9.61. The zero-order valence-electron chi connectivity index (χ0n) is 10.3. The van der Waals surface area contributed by atoms with Gasteiger partial charge in [-0.2, -0.15) is 0 Å². The van der Waals surface area contributed by atoms with Gasteiger partial charge in [-0.25, -0.2) is 8.78 Å². The van der Waals surface area contributed by atoms with Crippen molar-refractivity contribution < 1.29 is 13.2 Å². The Balaban J connectivity index is 1.69. The minimum atomic E-state index is -0.617. The van der Waals surface area contributed by atoms with Gasteiger partial charge >= 0.3 is 6.01 Å². The van der Waals surface area contributed by atoms with Crippen LogP contribution in [0.2, 0.25) is 0 Å². The van der Waals surface area contributed by atoms with Crippen molar-refractivity contribution in [2.45, 2.75) is 25.4 Å². The zero-order valence-corrected chi connectivity index (χ0v) is 11.9. The number of rotatable bonds is 5. The Kier molecular flexibility index (Phi) is 3.66. The Morgan fingerprint density at radius 2 is 2.05 bits per heavy atom. The van der Waals surface area contributed by atoms with Crippen molar-refractivity contribution in [2.24, 2.45) is 0 Å². The van der Waals surface area contributed by atoms with Crippen LogP contribution >= 0.6 is 15.9 Å². The second-order valence-electron chi connectivity index (χ2n) is 4.53. The van der Waals surface area contributed by atoms with Crippen molar-refractivity contribution in [3.8, 4) is 0 Å². The van der Waals surface area contributed by atoms with Crippen molar-refractivity contribution in [2.75, 3.05) is 5.32 Å². The maximum atomic E-state index is 13.6. The molecule has 5 nitrogen and oxygen atoms in total. The summed E-state index contributed by atoms with van der Waals surface area (Å²) in [5.74, 6) is -0.796. The smallest absolute Gasteiger partial charge is 0.320 e. The molecule has 20 heavy (non-hydrogen) atoms. The molecule has 0 unspecified atom stereocenters. The van der Waals surface area contributed by atoms with E-state index in [2.05, 4.69) is 36.8 Å². The van der Waals surface area contributed by atoms with E-state index in [9.17, 15) is 8.78 Å². The van der Waals surface area contributed by atoms with Gasteiger partial charge in [0.25, 0.3) is 0 Å². The molecule has 0 spiro atoms. The summed E-state index contributed by atoms with van der Waals surface area (Å²) in [5.41, 5.74) is -0.0592. The molecule has 1 aromatic carbocycles. The normalized spacial score (nSPS) is 14.6. The molecule has 0 aliphatic heterocycles. The number of hydrogen-bond donors (Lipinski definition) is 2. The summed E-state index contributed by atoms with van der Waals surface area (Å²) < 4.78 is 32.3. The Labute approximate surface area is 121 Å². The molecular weight excluding hydrogens is 334 g/mol. The first-order valence-electron chi connectivity index (χ1n) is 6.09. The molecular formula is C12H11BrF2N4O. The molecule has 0 amide bonds. The number of nitrogens with zero attached hydrogens (tertiary/aromatic N) is 2. The Morgan fingerprint density at radius 3 is 2.80 bits per heavy atom. The highest BCUT2D eigenvalue weighted by atomic mass is 79.9. The van der Waals surface area contributed by atoms with E-state index in [1.807, 2.05) is 0 Å². The third-order valence-corrected chi connectivity index (χ3v) is 3.45. The molecule has 0 atom stereocenters. The first kappa shape index (κ1) is 13.4. The minimum Gasteiger partial charge on any atom is -0.406 e. The van der Waals surface area contributed by atoms with Gasteiger partial charge in [-0.05, 0) is 34.8 Å². The van der Waals surface area contributed by atoms with Crippen LogP contribution in [0.3, 0.4) is 0 Å². The summed E-state index contributed by atoms with van der Waals surface area (Å²) >= 11 is 2.91. The fraction of sp³-hybridized carbons (Fsp3) is 0.333. The Hall–Kier alpha value is -1.54. The predicted molar refractivity (Wildman–Crippen MR) is 71.5 cm³/mol. The maximum Gasteiger partial charge on any atom is 0.320 e. The van der Waals surface area contributed by atoms with E-state index in [4.69, 9.17) is 4.42 Å². The summed E-state index contributed by atoms with van der Waals surface area (Å²) in [6, 6.07) is 2.60. The van der Waals surface area contributed by atoms with Gasteiger partial charge in [0.1, 0.15) is 11.6 Å². The molecule has 1 fully saturated rings. The molecule has 0 bridgehead atoms. The number of halogens is 3. The van der Waals surface area contributed by atoms with E-state index in [1.54, 1.807) is 0 Å². The average molecular weight is 345 g/mol. The standard InChI is InChI=1S/C12H11BrF2N4O/c13-7-3-9(15)10(4-8(7)14)17-12-19-18-11(20-12)5-16-6-1-2-6/h3-4,6,16H,1-2,5H2,(H,17,19). The second kappa shape index (κ2) is 5.45. The number of nitrogens with one attached hydrogen (secondary N) is 2. The highest BCUT2D eigenvalue weighted by Crippen LogP contribution is 2.25. The average Bonchev–Trinajstić information content (AvgIpc) is 3.14. The van der Waals surface area contributed by atoms with Crippen LogP contribution < -0.4 is 10.6 Å². The number of anilines is 2. The first-order valence-corrected chi connectivity index (χ1v) is 6.88. The van der Waals surface area contributed by atoms with E-state index in [-0.39, 0.29) is 16.2 Å². The topological polar surface area (TPSA) is 63.0 Å². The largest absolute Gasteiger partial charge is 0.406 e. The van der Waals surface area contributed by atoms with Crippen LogP contribution in [0.25, 0.3) is 0 Å². The summed E-state index contributed by atoms with van der Waals surface area (Å²) in [7, 11) is 0. The minimum absolute atomic E-state index is 0.0261. The lowest BCUT2D eigenvalue weighted by Crippen LogP contribution is -2.15. The molecule has 106 valence electrons. The van der Waals surface area contributed by atoms with Crippen molar-refractivity contribution in [3.63, 3.8) is 0 Å². The SMILES string of the molecule is Fc1cc(Nc2nnc(CNC3CC3)o2)c(F)cc1Br. The van der Waals surface area contributed by atoms with Gasteiger partial charge in [0, 0.05) is 12.1 Å². The van der Waals surface area contributed by atoms with E-state index in [1.165, 1.54) is 0 Å². The molecule has 1 aromatic heterocycles. The zero-order chi connectivity index (χ0) is 14.1. The van der Waals surface area contributed by atoms with Crippen LogP contribution in [-0.4, -0.2) is 16.2 Å². The van der Waals surface area contributed by atoms with Crippen LogP contribution in [-0.2, 0) is 6.54 Å². The van der Waals surface area contributed by atoms with Crippen LogP contribution in [0.5, 0.6) is 0 Å². The third-order valence-electron chi connectivity index (χ3n) is 2.84. The molecule has 1 heterocycles. The van der Waals surface area contributed by atoms with Gasteiger partial charge in [0.15, 0.2) is 0 Å². The van der Waals surface area contributed by atoms with Gasteiger partial charge in [-0.15, -0.1) is 5.10 Å². The molecule has 3 rings (SSSR count). The van der Waals surface area contributed by atoms with Crippen LogP contribution in [0, 0.1) is 11.6 Å². The van der Waals surface area contributed by atoms with Crippen molar-refractivity contribution >= 4 is 27.6 Å². The van der Waals surface area contributed by atoms with Crippen LogP contribution in [0.1, 0.15) is 18.7 Å². The van der Waals surface area contributed by atoms with Crippen molar-refractivity contribution in [1.29, 1.82) is 0 Å². The lowest BCUT2D eigenvalue weighted by atomic mass is 10.3. The summed E-state index contributed by atoms with van der Waals surface area (Å²) in [5, 5.41) is 13.3. The molecule has 0 radical (unpaired) electrons. The van der Waals surface area contributed by atoms with Gasteiger partial charge in [-0.1, -0.05) is 5.10 Å².